The predicted octanol–water partition coefficient (Wildman–Crippen LogP) is 0.916. The van der Waals surface area contributed by atoms with E-state index in [1.54, 1.807) is 12.1 Å². The van der Waals surface area contributed by atoms with Gasteiger partial charge >= 0.3 is 0 Å². The Hall–Kier alpha value is -1.50. The maximum atomic E-state index is 13.2. The number of benzene rings is 1. The number of carbonyl (C=O) groups excluding carboxylic acids is 1. The Kier molecular flexibility index (Phi) is 5.59. The molecule has 0 saturated carbocycles. The summed E-state index contributed by atoms with van der Waals surface area (Å²) in [6, 6.07) is 5.94. The van der Waals surface area contributed by atoms with Gasteiger partial charge in [-0.05, 0) is 18.2 Å². The van der Waals surface area contributed by atoms with Crippen molar-refractivity contribution in [2.75, 3.05) is 65.6 Å². The van der Waals surface area contributed by atoms with E-state index in [1.807, 2.05) is 4.90 Å². The van der Waals surface area contributed by atoms with Crippen LogP contribution in [0.3, 0.4) is 0 Å². The molecule has 0 aliphatic carbocycles. The van der Waals surface area contributed by atoms with Crippen molar-refractivity contribution in [2.45, 2.75) is 0 Å². The Labute approximate surface area is 136 Å². The van der Waals surface area contributed by atoms with Crippen LogP contribution in [0.4, 0.5) is 4.39 Å². The number of piperazine rings is 1. The van der Waals surface area contributed by atoms with Crippen LogP contribution in [0.5, 0.6) is 0 Å². The largest absolute Gasteiger partial charge is 0.379 e. The zero-order valence-electron chi connectivity index (χ0n) is 13.4. The SMILES string of the molecule is O=C(c1cccc(F)c1)N1CCN(CCN2CCOCC2)CC1. The number of halogens is 1. The Morgan fingerprint density at radius 1 is 1.00 bits per heavy atom. The summed E-state index contributed by atoms with van der Waals surface area (Å²) in [6.45, 7) is 8.94. The fourth-order valence-electron chi connectivity index (χ4n) is 3.09. The highest BCUT2D eigenvalue weighted by atomic mass is 19.1. The van der Waals surface area contributed by atoms with Gasteiger partial charge in [0.05, 0.1) is 13.2 Å². The first-order chi connectivity index (χ1) is 11.2. The van der Waals surface area contributed by atoms with Gasteiger partial charge in [0, 0.05) is 57.9 Å². The second kappa shape index (κ2) is 7.86. The van der Waals surface area contributed by atoms with Gasteiger partial charge in [0.25, 0.3) is 5.91 Å². The first kappa shape index (κ1) is 16.4. The minimum absolute atomic E-state index is 0.0719. The molecule has 0 bridgehead atoms. The van der Waals surface area contributed by atoms with E-state index >= 15 is 0 Å². The van der Waals surface area contributed by atoms with E-state index in [0.29, 0.717) is 18.7 Å². The van der Waals surface area contributed by atoms with E-state index < -0.39 is 0 Å². The molecule has 2 saturated heterocycles. The fourth-order valence-corrected chi connectivity index (χ4v) is 3.09. The maximum absolute atomic E-state index is 13.2. The van der Waals surface area contributed by atoms with Gasteiger partial charge in [-0.2, -0.15) is 0 Å². The first-order valence-corrected chi connectivity index (χ1v) is 8.30. The van der Waals surface area contributed by atoms with Crippen molar-refractivity contribution < 1.29 is 13.9 Å². The van der Waals surface area contributed by atoms with Crippen molar-refractivity contribution >= 4 is 5.91 Å². The molecule has 3 rings (SSSR count). The summed E-state index contributed by atoms with van der Waals surface area (Å²) >= 11 is 0. The Bertz CT molecular complexity index is 526. The number of ether oxygens (including phenoxy) is 1. The average Bonchev–Trinajstić information content (AvgIpc) is 2.61. The highest BCUT2D eigenvalue weighted by Crippen LogP contribution is 2.10. The lowest BCUT2D eigenvalue weighted by Crippen LogP contribution is -2.51. The summed E-state index contributed by atoms with van der Waals surface area (Å²) in [5, 5.41) is 0. The molecule has 126 valence electrons. The lowest BCUT2D eigenvalue weighted by Gasteiger charge is -2.36. The van der Waals surface area contributed by atoms with E-state index in [2.05, 4.69) is 9.80 Å². The molecule has 2 fully saturated rings. The molecule has 0 N–H and O–H groups in total. The minimum atomic E-state index is -0.361. The topological polar surface area (TPSA) is 36.0 Å². The third-order valence-electron chi connectivity index (χ3n) is 4.57. The third kappa shape index (κ3) is 4.50. The summed E-state index contributed by atoms with van der Waals surface area (Å²) in [6.07, 6.45) is 0. The monoisotopic (exact) mass is 321 g/mol. The van der Waals surface area contributed by atoms with Crippen LogP contribution in [0, 0.1) is 5.82 Å². The summed E-state index contributed by atoms with van der Waals surface area (Å²) in [5.74, 6) is -0.433. The van der Waals surface area contributed by atoms with Gasteiger partial charge in [-0.25, -0.2) is 4.39 Å². The summed E-state index contributed by atoms with van der Waals surface area (Å²) in [7, 11) is 0. The molecule has 0 unspecified atom stereocenters. The fraction of sp³-hybridized carbons (Fsp3) is 0.588. The number of morpholine rings is 1. The van der Waals surface area contributed by atoms with E-state index in [9.17, 15) is 9.18 Å². The van der Waals surface area contributed by atoms with Crippen LogP contribution in [0.2, 0.25) is 0 Å². The van der Waals surface area contributed by atoms with Crippen molar-refractivity contribution in [3.8, 4) is 0 Å². The zero-order valence-corrected chi connectivity index (χ0v) is 13.4. The number of hydrogen-bond donors (Lipinski definition) is 0. The Morgan fingerprint density at radius 2 is 1.65 bits per heavy atom. The normalized spacial score (nSPS) is 20.7. The summed E-state index contributed by atoms with van der Waals surface area (Å²) < 4.78 is 18.6. The van der Waals surface area contributed by atoms with Crippen LogP contribution in [-0.4, -0.2) is 86.2 Å². The maximum Gasteiger partial charge on any atom is 0.254 e. The molecule has 5 nitrogen and oxygen atoms in total. The average molecular weight is 321 g/mol. The van der Waals surface area contributed by atoms with E-state index in [1.165, 1.54) is 12.1 Å². The molecule has 2 heterocycles. The van der Waals surface area contributed by atoms with E-state index in [0.717, 1.165) is 52.5 Å². The van der Waals surface area contributed by atoms with Crippen LogP contribution in [0.1, 0.15) is 10.4 Å². The second-order valence-electron chi connectivity index (χ2n) is 6.10. The Balaban J connectivity index is 1.43. The van der Waals surface area contributed by atoms with Crippen LogP contribution >= 0.6 is 0 Å². The number of rotatable bonds is 4. The molecule has 2 aliphatic rings. The highest BCUT2D eigenvalue weighted by Gasteiger charge is 2.22. The van der Waals surface area contributed by atoms with Crippen molar-refractivity contribution in [1.29, 1.82) is 0 Å². The molecule has 0 aromatic heterocycles. The van der Waals surface area contributed by atoms with Crippen LogP contribution < -0.4 is 0 Å². The summed E-state index contributed by atoms with van der Waals surface area (Å²) in [4.78, 5) is 19.0. The lowest BCUT2D eigenvalue weighted by molar-refractivity contribution is 0.0293. The van der Waals surface area contributed by atoms with Gasteiger partial charge in [0.15, 0.2) is 0 Å². The molecule has 0 spiro atoms. The molecule has 2 aliphatic heterocycles. The third-order valence-corrected chi connectivity index (χ3v) is 4.57. The highest BCUT2D eigenvalue weighted by molar-refractivity contribution is 5.94. The molecule has 6 heteroatoms. The van der Waals surface area contributed by atoms with Crippen LogP contribution in [0.25, 0.3) is 0 Å². The molecule has 1 amide bonds. The summed E-state index contributed by atoms with van der Waals surface area (Å²) in [5.41, 5.74) is 0.437. The molecule has 1 aromatic carbocycles. The quantitative estimate of drug-likeness (QED) is 0.826. The van der Waals surface area contributed by atoms with Gasteiger partial charge in [0.2, 0.25) is 0 Å². The molecular weight excluding hydrogens is 297 g/mol. The van der Waals surface area contributed by atoms with Gasteiger partial charge in [-0.1, -0.05) is 6.07 Å². The predicted molar refractivity (Wildman–Crippen MR) is 86.0 cm³/mol. The number of amides is 1. The minimum Gasteiger partial charge on any atom is -0.379 e. The van der Waals surface area contributed by atoms with Gasteiger partial charge in [0.1, 0.15) is 5.82 Å². The number of nitrogens with zero attached hydrogens (tertiary/aromatic N) is 3. The van der Waals surface area contributed by atoms with E-state index in [-0.39, 0.29) is 11.7 Å². The Morgan fingerprint density at radius 3 is 2.30 bits per heavy atom. The van der Waals surface area contributed by atoms with Crippen molar-refractivity contribution in [1.82, 2.24) is 14.7 Å². The van der Waals surface area contributed by atoms with Gasteiger partial charge < -0.3 is 9.64 Å². The lowest BCUT2D eigenvalue weighted by atomic mass is 10.1. The number of hydrogen-bond acceptors (Lipinski definition) is 4. The zero-order chi connectivity index (χ0) is 16.1. The molecule has 1 aromatic rings. The first-order valence-electron chi connectivity index (χ1n) is 8.30. The van der Waals surface area contributed by atoms with Crippen LogP contribution in [-0.2, 0) is 4.74 Å². The second-order valence-corrected chi connectivity index (χ2v) is 6.10. The molecule has 23 heavy (non-hydrogen) atoms. The van der Waals surface area contributed by atoms with Gasteiger partial charge in [-0.3, -0.25) is 14.6 Å². The van der Waals surface area contributed by atoms with Crippen LogP contribution in [0.15, 0.2) is 24.3 Å². The van der Waals surface area contributed by atoms with Crippen molar-refractivity contribution in [2.24, 2.45) is 0 Å². The van der Waals surface area contributed by atoms with Crippen molar-refractivity contribution in [3.63, 3.8) is 0 Å². The molecule has 0 radical (unpaired) electrons. The standard InChI is InChI=1S/C17H24FN3O2/c18-16-3-1-2-15(14-16)17(22)21-8-6-19(7-9-21)4-5-20-10-12-23-13-11-20/h1-3,14H,4-13H2. The molecule has 0 atom stereocenters. The number of carbonyl (C=O) groups is 1. The van der Waals surface area contributed by atoms with E-state index in [4.69, 9.17) is 4.74 Å². The van der Waals surface area contributed by atoms with Gasteiger partial charge in [-0.15, -0.1) is 0 Å². The molecular formula is C17H24FN3O2. The van der Waals surface area contributed by atoms with Crippen molar-refractivity contribution in [3.05, 3.63) is 35.6 Å². The smallest absolute Gasteiger partial charge is 0.254 e.